The van der Waals surface area contributed by atoms with Gasteiger partial charge in [-0.2, -0.15) is 0 Å². The first-order valence-corrected chi connectivity index (χ1v) is 13.1. The monoisotopic (exact) mass is 476 g/mol. The van der Waals surface area contributed by atoms with E-state index in [9.17, 15) is 0 Å². The minimum atomic E-state index is 0.879. The Morgan fingerprint density at radius 1 is 0.389 bits per heavy atom. The van der Waals surface area contributed by atoms with Crippen LogP contribution < -0.4 is 21.3 Å². The molecule has 4 N–H and O–H groups in total. The molecule has 5 rings (SSSR count). The largest absolute Gasteiger partial charge is 0.314 e. The maximum absolute atomic E-state index is 3.64. The third-order valence-corrected chi connectivity index (χ3v) is 6.82. The van der Waals surface area contributed by atoms with Crippen LogP contribution in [-0.2, 0) is 13.1 Å². The van der Waals surface area contributed by atoms with Crippen molar-refractivity contribution in [3.05, 3.63) is 108 Å². The summed E-state index contributed by atoms with van der Waals surface area (Å²) in [4.78, 5) is 0. The first-order valence-electron chi connectivity index (χ1n) is 13.1. The lowest BCUT2D eigenvalue weighted by Crippen LogP contribution is -2.35. The summed E-state index contributed by atoms with van der Waals surface area (Å²) in [6.07, 6.45) is 0. The topological polar surface area (TPSA) is 48.1 Å². The molecule has 0 radical (unpaired) electrons. The molecule has 5 aromatic rings. The van der Waals surface area contributed by atoms with Crippen LogP contribution in [0.4, 0.5) is 0 Å². The van der Waals surface area contributed by atoms with E-state index in [4.69, 9.17) is 0 Å². The van der Waals surface area contributed by atoms with Crippen LogP contribution in [-0.4, -0.2) is 39.3 Å². The van der Waals surface area contributed by atoms with Gasteiger partial charge in [0.05, 0.1) is 0 Å². The van der Waals surface area contributed by atoms with Gasteiger partial charge in [0.2, 0.25) is 0 Å². The molecular formula is C32H36N4. The van der Waals surface area contributed by atoms with Gasteiger partial charge in [0.15, 0.2) is 0 Å². The van der Waals surface area contributed by atoms with Gasteiger partial charge in [0.1, 0.15) is 0 Å². The first-order chi connectivity index (χ1) is 17.9. The lowest BCUT2D eigenvalue weighted by atomic mass is 9.97. The van der Waals surface area contributed by atoms with Gasteiger partial charge in [0, 0.05) is 52.4 Å². The van der Waals surface area contributed by atoms with Crippen LogP contribution in [0.1, 0.15) is 11.1 Å². The van der Waals surface area contributed by atoms with Crippen molar-refractivity contribution >= 4 is 32.3 Å². The summed E-state index contributed by atoms with van der Waals surface area (Å²) in [6, 6.07) is 34.8. The molecule has 0 aromatic heterocycles. The fraction of sp³-hybridized carbons (Fsp3) is 0.250. The summed E-state index contributed by atoms with van der Waals surface area (Å²) in [5, 5.41) is 22.2. The van der Waals surface area contributed by atoms with Gasteiger partial charge >= 0.3 is 0 Å². The van der Waals surface area contributed by atoms with Gasteiger partial charge in [-0.1, -0.05) is 91.0 Å². The van der Waals surface area contributed by atoms with Gasteiger partial charge in [-0.25, -0.2) is 0 Å². The Kier molecular flexibility index (Phi) is 8.55. The highest BCUT2D eigenvalue weighted by atomic mass is 15.0. The summed E-state index contributed by atoms with van der Waals surface area (Å²) < 4.78 is 0. The van der Waals surface area contributed by atoms with Gasteiger partial charge in [0.25, 0.3) is 0 Å². The Hall–Kier alpha value is -3.28. The van der Waals surface area contributed by atoms with Gasteiger partial charge in [-0.15, -0.1) is 0 Å². The van der Waals surface area contributed by atoms with E-state index in [-0.39, 0.29) is 0 Å². The first kappa shape index (κ1) is 24.4. The molecule has 0 aliphatic rings. The minimum Gasteiger partial charge on any atom is -0.314 e. The van der Waals surface area contributed by atoms with Crippen LogP contribution in [0.15, 0.2) is 97.1 Å². The van der Waals surface area contributed by atoms with Gasteiger partial charge in [-0.05, 0) is 49.5 Å². The molecule has 0 spiro atoms. The molecule has 0 fully saturated rings. The van der Waals surface area contributed by atoms with Crippen LogP contribution in [0.5, 0.6) is 0 Å². The molecule has 0 bridgehead atoms. The van der Waals surface area contributed by atoms with Crippen molar-refractivity contribution in [3.8, 4) is 0 Å². The van der Waals surface area contributed by atoms with E-state index >= 15 is 0 Å². The number of fused-ring (bicyclic) bond motifs is 3. The molecular weight excluding hydrogens is 440 g/mol. The van der Waals surface area contributed by atoms with E-state index < -0.39 is 0 Å². The Labute approximate surface area is 214 Å². The molecule has 0 atom stereocenters. The second-order valence-electron chi connectivity index (χ2n) is 9.29. The van der Waals surface area contributed by atoms with Crippen molar-refractivity contribution in [2.75, 3.05) is 39.3 Å². The van der Waals surface area contributed by atoms with E-state index in [1.165, 1.54) is 43.4 Å². The Bertz CT molecular complexity index is 1350. The summed E-state index contributed by atoms with van der Waals surface area (Å²) in [6.45, 7) is 7.58. The molecule has 4 heteroatoms. The molecule has 0 heterocycles. The summed E-state index contributed by atoms with van der Waals surface area (Å²) >= 11 is 0. The maximum Gasteiger partial charge on any atom is 0.0218 e. The molecule has 0 saturated heterocycles. The lowest BCUT2D eigenvalue weighted by Gasteiger charge is -2.13. The standard InChI is InChI=1S/C32H36N4/c1-4-13-29-25(8-1)11-7-12-28(29)23-35-20-18-33-16-17-34-19-21-36-24-32-30-14-5-2-9-26(30)22-27-10-3-6-15-31(27)32/h1-15,22,33-36H,16-21,23-24H2. The van der Waals surface area contributed by atoms with E-state index in [0.717, 1.165) is 52.4 Å². The second kappa shape index (κ2) is 12.6. The third-order valence-electron chi connectivity index (χ3n) is 6.82. The molecule has 0 saturated carbocycles. The number of hydrogen-bond acceptors (Lipinski definition) is 4. The number of hydrogen-bond donors (Lipinski definition) is 4. The van der Waals surface area contributed by atoms with Crippen molar-refractivity contribution < 1.29 is 0 Å². The van der Waals surface area contributed by atoms with Gasteiger partial charge < -0.3 is 21.3 Å². The van der Waals surface area contributed by atoms with Crippen LogP contribution in [0.3, 0.4) is 0 Å². The third kappa shape index (κ3) is 6.10. The highest BCUT2D eigenvalue weighted by Crippen LogP contribution is 2.28. The van der Waals surface area contributed by atoms with E-state index in [2.05, 4.69) is 118 Å². The Morgan fingerprint density at radius 3 is 1.50 bits per heavy atom. The predicted octanol–water partition coefficient (Wildman–Crippen LogP) is 5.20. The summed E-state index contributed by atoms with van der Waals surface area (Å²) in [5.74, 6) is 0. The van der Waals surface area contributed by atoms with Gasteiger partial charge in [-0.3, -0.25) is 0 Å². The average Bonchev–Trinajstić information content (AvgIpc) is 2.93. The Balaban J connectivity index is 0.963. The van der Waals surface area contributed by atoms with Crippen LogP contribution in [0, 0.1) is 0 Å². The molecule has 0 aliphatic carbocycles. The van der Waals surface area contributed by atoms with E-state index in [1.807, 2.05) is 0 Å². The van der Waals surface area contributed by atoms with Crippen LogP contribution in [0.2, 0.25) is 0 Å². The van der Waals surface area contributed by atoms with Crippen LogP contribution >= 0.6 is 0 Å². The quantitative estimate of drug-likeness (QED) is 0.139. The van der Waals surface area contributed by atoms with E-state index in [0.29, 0.717) is 0 Å². The van der Waals surface area contributed by atoms with Crippen molar-refractivity contribution in [2.45, 2.75) is 13.1 Å². The van der Waals surface area contributed by atoms with Crippen molar-refractivity contribution in [2.24, 2.45) is 0 Å². The zero-order chi connectivity index (χ0) is 24.4. The normalized spacial score (nSPS) is 11.6. The van der Waals surface area contributed by atoms with Crippen molar-refractivity contribution in [1.29, 1.82) is 0 Å². The maximum atomic E-state index is 3.64. The number of nitrogens with one attached hydrogen (secondary N) is 4. The second-order valence-corrected chi connectivity index (χ2v) is 9.29. The molecule has 184 valence electrons. The van der Waals surface area contributed by atoms with Crippen molar-refractivity contribution in [3.63, 3.8) is 0 Å². The zero-order valence-corrected chi connectivity index (χ0v) is 20.9. The lowest BCUT2D eigenvalue weighted by molar-refractivity contribution is 0.567. The highest BCUT2D eigenvalue weighted by Gasteiger charge is 2.06. The molecule has 0 aliphatic heterocycles. The Morgan fingerprint density at radius 2 is 0.861 bits per heavy atom. The van der Waals surface area contributed by atoms with Crippen molar-refractivity contribution in [1.82, 2.24) is 21.3 Å². The predicted molar refractivity (Wildman–Crippen MR) is 155 cm³/mol. The molecule has 0 unspecified atom stereocenters. The smallest absolute Gasteiger partial charge is 0.0218 e. The fourth-order valence-corrected chi connectivity index (χ4v) is 4.96. The number of rotatable bonds is 13. The highest BCUT2D eigenvalue weighted by molar-refractivity contribution is 6.02. The number of benzene rings is 5. The minimum absolute atomic E-state index is 0.879. The van der Waals surface area contributed by atoms with E-state index in [1.54, 1.807) is 0 Å². The molecule has 5 aromatic carbocycles. The SMILES string of the molecule is c1ccc2c(CNCCNCCNCCNCc3c4ccccc4cc4ccccc34)cccc2c1. The molecule has 36 heavy (non-hydrogen) atoms. The van der Waals surface area contributed by atoms with Crippen LogP contribution in [0.25, 0.3) is 32.3 Å². The molecule has 0 amide bonds. The molecule has 4 nitrogen and oxygen atoms in total. The summed E-state index contributed by atoms with van der Waals surface area (Å²) in [7, 11) is 0. The zero-order valence-electron chi connectivity index (χ0n) is 20.9. The average molecular weight is 477 g/mol. The summed E-state index contributed by atoms with van der Waals surface area (Å²) in [5.41, 5.74) is 2.75. The fourth-order valence-electron chi connectivity index (χ4n) is 4.96.